The van der Waals surface area contributed by atoms with E-state index in [1.54, 1.807) is 37.3 Å². The Morgan fingerprint density at radius 2 is 1.86 bits per heavy atom. The van der Waals surface area contributed by atoms with Crippen LogP contribution in [-0.2, 0) is 0 Å². The number of nitrogens with two attached hydrogens (primary N) is 1. The molecule has 0 fully saturated rings. The molecule has 5 rings (SSSR count). The van der Waals surface area contributed by atoms with E-state index >= 15 is 0 Å². The Hall–Kier alpha value is -4.25. The van der Waals surface area contributed by atoms with Crippen LogP contribution >= 0.6 is 11.3 Å². The van der Waals surface area contributed by atoms with Gasteiger partial charge in [0.2, 0.25) is 0 Å². The minimum atomic E-state index is -2.82. The normalized spacial score (nSPS) is 11.5. The number of amides is 2. The zero-order chi connectivity index (χ0) is 24.9. The highest BCUT2D eigenvalue weighted by Gasteiger charge is 2.26. The second kappa shape index (κ2) is 8.51. The maximum Gasteiger partial charge on any atom is 0.280 e. The van der Waals surface area contributed by atoms with Crippen LogP contribution in [0.15, 0.2) is 48.7 Å². The molecule has 2 amide bonds. The lowest BCUT2D eigenvalue weighted by Crippen LogP contribution is -2.17. The number of carbonyl (C=O) groups is 2. The summed E-state index contributed by atoms with van der Waals surface area (Å²) in [5.41, 5.74) is 8.33. The van der Waals surface area contributed by atoms with Gasteiger partial charge in [-0.2, -0.15) is 5.10 Å². The molecule has 4 aromatic heterocycles. The van der Waals surface area contributed by atoms with Crippen molar-refractivity contribution >= 4 is 44.7 Å². The molecule has 0 spiro atoms. The van der Waals surface area contributed by atoms with E-state index in [1.807, 2.05) is 13.0 Å². The van der Waals surface area contributed by atoms with Crippen LogP contribution in [0.25, 0.3) is 27.0 Å². The van der Waals surface area contributed by atoms with Crippen molar-refractivity contribution in [1.29, 1.82) is 0 Å². The molecule has 0 unspecified atom stereocenters. The molecule has 5 aromatic rings. The molecule has 3 N–H and O–H groups in total. The van der Waals surface area contributed by atoms with Gasteiger partial charge in [0, 0.05) is 16.8 Å². The van der Waals surface area contributed by atoms with Crippen LogP contribution in [0.2, 0.25) is 0 Å². The smallest absolute Gasteiger partial charge is 0.280 e. The van der Waals surface area contributed by atoms with Gasteiger partial charge in [-0.15, -0.1) is 11.3 Å². The topological polar surface area (TPSA) is 115 Å². The summed E-state index contributed by atoms with van der Waals surface area (Å²) in [7, 11) is 0. The average Bonchev–Trinajstić information content (AvgIpc) is 3.41. The molecule has 176 valence electrons. The number of fused-ring (bicyclic) bond motifs is 2. The highest BCUT2D eigenvalue weighted by Crippen LogP contribution is 2.42. The quantitative estimate of drug-likeness (QED) is 0.362. The fourth-order valence-electron chi connectivity index (χ4n) is 3.98. The van der Waals surface area contributed by atoms with Crippen LogP contribution in [0.3, 0.4) is 0 Å². The van der Waals surface area contributed by atoms with Gasteiger partial charge in [0.1, 0.15) is 21.0 Å². The van der Waals surface area contributed by atoms with E-state index < -0.39 is 23.9 Å². The molecule has 0 aliphatic heterocycles. The van der Waals surface area contributed by atoms with Gasteiger partial charge in [0.15, 0.2) is 5.65 Å². The van der Waals surface area contributed by atoms with E-state index in [2.05, 4.69) is 20.4 Å². The largest absolute Gasteiger partial charge is 0.365 e. The predicted molar refractivity (Wildman–Crippen MR) is 129 cm³/mol. The first-order valence-electron chi connectivity index (χ1n) is 10.5. The second-order valence-corrected chi connectivity index (χ2v) is 8.90. The van der Waals surface area contributed by atoms with Crippen molar-refractivity contribution in [3.05, 3.63) is 76.2 Å². The predicted octanol–water partition coefficient (Wildman–Crippen LogP) is 4.91. The third kappa shape index (κ3) is 3.89. The number of nitrogens with one attached hydrogen (secondary N) is 1. The number of benzene rings is 1. The first-order chi connectivity index (χ1) is 16.7. The fraction of sp³-hybridized carbons (Fsp3) is 0.125. The van der Waals surface area contributed by atoms with Gasteiger partial charge >= 0.3 is 0 Å². The van der Waals surface area contributed by atoms with Gasteiger partial charge in [0.25, 0.3) is 18.2 Å². The molecule has 11 heteroatoms. The Bertz CT molecular complexity index is 1630. The molecule has 8 nitrogen and oxygen atoms in total. The minimum absolute atomic E-state index is 0.00115. The Morgan fingerprint density at radius 3 is 2.54 bits per heavy atom. The monoisotopic (exact) mass is 492 g/mol. The minimum Gasteiger partial charge on any atom is -0.365 e. The highest BCUT2D eigenvalue weighted by molar-refractivity contribution is 7.21. The second-order valence-electron chi connectivity index (χ2n) is 7.90. The van der Waals surface area contributed by atoms with Crippen LogP contribution in [0.5, 0.6) is 0 Å². The Kier molecular flexibility index (Phi) is 5.48. The molecule has 0 aliphatic carbocycles. The number of hydrogen-bond donors (Lipinski definition) is 2. The van der Waals surface area contributed by atoms with Crippen molar-refractivity contribution in [3.63, 3.8) is 0 Å². The highest BCUT2D eigenvalue weighted by atomic mass is 32.1. The van der Waals surface area contributed by atoms with Crippen molar-refractivity contribution in [2.24, 2.45) is 5.73 Å². The number of thiophene rings is 1. The molecule has 35 heavy (non-hydrogen) atoms. The van der Waals surface area contributed by atoms with Crippen LogP contribution in [-0.4, -0.2) is 31.4 Å². The number of primary amides is 1. The Labute approximate surface area is 201 Å². The molecule has 1 aromatic carbocycles. The van der Waals surface area contributed by atoms with Gasteiger partial charge in [0.05, 0.1) is 11.9 Å². The van der Waals surface area contributed by atoms with E-state index in [0.29, 0.717) is 27.9 Å². The number of carbonyl (C=O) groups excluding carboxylic acids is 2. The number of aryl methyl sites for hydroxylation is 2. The maximum absolute atomic E-state index is 13.6. The molecule has 0 aliphatic rings. The summed E-state index contributed by atoms with van der Waals surface area (Å²) >= 11 is 0.850. The third-order valence-electron chi connectivity index (χ3n) is 5.48. The van der Waals surface area contributed by atoms with Gasteiger partial charge in [-0.1, -0.05) is 30.3 Å². The number of alkyl halides is 2. The number of halogens is 2. The summed E-state index contributed by atoms with van der Waals surface area (Å²) in [6.45, 7) is 3.64. The van der Waals surface area contributed by atoms with Crippen molar-refractivity contribution < 1.29 is 18.4 Å². The van der Waals surface area contributed by atoms with Gasteiger partial charge in [-0.25, -0.2) is 23.3 Å². The number of rotatable bonds is 5. The Morgan fingerprint density at radius 1 is 1.11 bits per heavy atom. The molecule has 0 bridgehead atoms. The number of hydrogen-bond acceptors (Lipinski definition) is 6. The summed E-state index contributed by atoms with van der Waals surface area (Å²) < 4.78 is 28.8. The number of nitrogens with zero attached hydrogens (tertiary/aromatic N) is 4. The standard InChI is InChI=1S/C24H18F2N6O2S/c1-11-8-12(2)32-22(29-11)15(10-28-32)23(34)31-18-17-14(13-6-4-3-5-7-13)9-16(20(25)26)30-24(17)35-19(18)21(27)33/h3-10,20H,1-2H3,(H2,27,33)(H,31,34). The summed E-state index contributed by atoms with van der Waals surface area (Å²) in [6.07, 6.45) is -1.44. The van der Waals surface area contributed by atoms with E-state index in [-0.39, 0.29) is 21.0 Å². The number of anilines is 1. The molecule has 0 saturated heterocycles. The first kappa shape index (κ1) is 22.5. The van der Waals surface area contributed by atoms with Crippen molar-refractivity contribution in [3.8, 4) is 11.1 Å². The van der Waals surface area contributed by atoms with Crippen LogP contribution in [0, 0.1) is 13.8 Å². The van der Waals surface area contributed by atoms with Crippen molar-refractivity contribution in [1.82, 2.24) is 19.6 Å². The van der Waals surface area contributed by atoms with E-state index in [4.69, 9.17) is 5.73 Å². The lowest BCUT2D eigenvalue weighted by Gasteiger charge is -2.11. The average molecular weight is 493 g/mol. The van der Waals surface area contributed by atoms with Crippen molar-refractivity contribution in [2.45, 2.75) is 20.3 Å². The van der Waals surface area contributed by atoms with E-state index in [1.165, 1.54) is 16.8 Å². The molecular weight excluding hydrogens is 474 g/mol. The molecule has 4 heterocycles. The van der Waals surface area contributed by atoms with Gasteiger partial charge < -0.3 is 11.1 Å². The van der Waals surface area contributed by atoms with Crippen LogP contribution in [0.1, 0.15) is 43.5 Å². The Balaban J connectivity index is 1.72. The SMILES string of the molecule is Cc1cc(C)n2ncc(C(=O)Nc3c(C(N)=O)sc4nc(C(F)F)cc(-c5ccccc5)c34)c2n1. The number of aromatic nitrogens is 4. The van der Waals surface area contributed by atoms with Crippen LogP contribution in [0.4, 0.5) is 14.5 Å². The summed E-state index contributed by atoms with van der Waals surface area (Å²) in [5.74, 6) is -1.39. The van der Waals surface area contributed by atoms with Crippen molar-refractivity contribution in [2.75, 3.05) is 5.32 Å². The summed E-state index contributed by atoms with van der Waals surface area (Å²) in [4.78, 5) is 34.3. The zero-order valence-corrected chi connectivity index (χ0v) is 19.4. The summed E-state index contributed by atoms with van der Waals surface area (Å²) in [6, 6.07) is 11.9. The van der Waals surface area contributed by atoms with E-state index in [0.717, 1.165) is 17.0 Å². The third-order valence-corrected chi connectivity index (χ3v) is 6.57. The molecular formula is C24H18F2N6O2S. The van der Waals surface area contributed by atoms with Gasteiger partial charge in [-0.05, 0) is 37.1 Å². The molecule has 0 radical (unpaired) electrons. The lowest BCUT2D eigenvalue weighted by molar-refractivity contribution is 0.100. The maximum atomic E-state index is 13.6. The molecule has 0 saturated carbocycles. The fourth-order valence-corrected chi connectivity index (χ4v) is 4.99. The lowest BCUT2D eigenvalue weighted by atomic mass is 10.0. The number of pyridine rings is 1. The van der Waals surface area contributed by atoms with Gasteiger partial charge in [-0.3, -0.25) is 9.59 Å². The van der Waals surface area contributed by atoms with E-state index in [9.17, 15) is 18.4 Å². The molecule has 0 atom stereocenters. The zero-order valence-electron chi connectivity index (χ0n) is 18.5. The van der Waals surface area contributed by atoms with Crippen LogP contribution < -0.4 is 11.1 Å². The summed E-state index contributed by atoms with van der Waals surface area (Å²) in [5, 5.41) is 7.34. The first-order valence-corrected chi connectivity index (χ1v) is 11.3.